The van der Waals surface area contributed by atoms with E-state index >= 15 is 0 Å². The highest BCUT2D eigenvalue weighted by molar-refractivity contribution is 7.91. The van der Waals surface area contributed by atoms with Crippen molar-refractivity contribution in [2.75, 3.05) is 37.0 Å². The number of sulfone groups is 1. The van der Waals surface area contributed by atoms with Crippen LogP contribution in [0.1, 0.15) is 53.7 Å². The van der Waals surface area contributed by atoms with E-state index in [1.54, 1.807) is 31.2 Å². The maximum atomic E-state index is 13.1. The molecule has 2 N–H and O–H groups in total. The molecule has 12 heteroatoms. The zero-order valence-corrected chi connectivity index (χ0v) is 25.7. The number of hydrogen-bond acceptors (Lipinski definition) is 7. The van der Waals surface area contributed by atoms with Crippen molar-refractivity contribution in [2.45, 2.75) is 55.4 Å². The largest absolute Gasteiger partial charge is 0.489 e. The Morgan fingerprint density at radius 3 is 2.24 bits per heavy atom. The highest BCUT2D eigenvalue weighted by Crippen LogP contribution is 2.33. The maximum Gasteiger partial charge on any atom is 0.416 e. The Labute approximate surface area is 261 Å². The molecule has 1 aliphatic heterocycles. The van der Waals surface area contributed by atoms with E-state index in [4.69, 9.17) is 9.47 Å². The van der Waals surface area contributed by atoms with Crippen LogP contribution < -0.4 is 15.0 Å². The fourth-order valence-corrected chi connectivity index (χ4v) is 6.24. The SMILES string of the molecule is CCS(=O)(=O)c1ccc(C(CO)NC(=O)c2ccc(N3C[C@H](Oc4ccc(C(F)(F)F)cc4)C[C@H]3COCC3CC3)cc2)cc1. The van der Waals surface area contributed by atoms with Crippen LogP contribution in [0, 0.1) is 5.92 Å². The Bertz CT molecular complexity index is 1540. The second-order valence-electron chi connectivity index (χ2n) is 11.5. The number of rotatable bonds is 13. The second-order valence-corrected chi connectivity index (χ2v) is 13.8. The zero-order valence-electron chi connectivity index (χ0n) is 24.9. The van der Waals surface area contributed by atoms with E-state index in [2.05, 4.69) is 10.2 Å². The number of nitrogens with one attached hydrogen (secondary N) is 1. The average molecular weight is 647 g/mol. The van der Waals surface area contributed by atoms with Gasteiger partial charge in [0, 0.05) is 24.3 Å². The van der Waals surface area contributed by atoms with Gasteiger partial charge in [0.2, 0.25) is 0 Å². The number of hydrogen-bond donors (Lipinski definition) is 2. The summed E-state index contributed by atoms with van der Waals surface area (Å²) in [5.74, 6) is 0.530. The molecule has 0 bridgehead atoms. The Kier molecular flexibility index (Phi) is 10.0. The van der Waals surface area contributed by atoms with E-state index in [1.165, 1.54) is 37.1 Å². The number of carbonyl (C=O) groups is 1. The molecule has 3 aromatic carbocycles. The average Bonchev–Trinajstić information content (AvgIpc) is 3.78. The molecular weight excluding hydrogens is 609 g/mol. The lowest BCUT2D eigenvalue weighted by Gasteiger charge is -2.26. The summed E-state index contributed by atoms with van der Waals surface area (Å²) in [5, 5.41) is 12.7. The number of aliphatic hydroxyl groups is 1. The normalized spacial score (nSPS) is 19.4. The number of alkyl halides is 3. The Morgan fingerprint density at radius 1 is 1.00 bits per heavy atom. The molecule has 0 spiro atoms. The van der Waals surface area contributed by atoms with E-state index in [0.29, 0.717) is 49.0 Å². The number of aliphatic hydroxyl groups excluding tert-OH is 1. The minimum atomic E-state index is -4.42. The van der Waals surface area contributed by atoms with Crippen LogP contribution in [0.3, 0.4) is 0 Å². The predicted molar refractivity (Wildman–Crippen MR) is 163 cm³/mol. The molecule has 0 aromatic heterocycles. The summed E-state index contributed by atoms with van der Waals surface area (Å²) < 4.78 is 75.2. The predicted octanol–water partition coefficient (Wildman–Crippen LogP) is 5.42. The van der Waals surface area contributed by atoms with Crippen LogP contribution in [-0.4, -0.2) is 63.7 Å². The zero-order chi connectivity index (χ0) is 32.2. The molecule has 242 valence electrons. The van der Waals surface area contributed by atoms with Gasteiger partial charge in [0.15, 0.2) is 9.84 Å². The van der Waals surface area contributed by atoms with Crippen molar-refractivity contribution >= 4 is 21.4 Å². The van der Waals surface area contributed by atoms with Gasteiger partial charge in [0.25, 0.3) is 5.91 Å². The van der Waals surface area contributed by atoms with Gasteiger partial charge in [-0.15, -0.1) is 0 Å². The van der Waals surface area contributed by atoms with Crippen LogP contribution in [0.5, 0.6) is 5.75 Å². The Morgan fingerprint density at radius 2 is 1.67 bits per heavy atom. The van der Waals surface area contributed by atoms with Gasteiger partial charge >= 0.3 is 6.18 Å². The molecular formula is C33H37F3N2O6S. The smallest absolute Gasteiger partial charge is 0.416 e. The number of ether oxygens (including phenoxy) is 2. The van der Waals surface area contributed by atoms with Crippen molar-refractivity contribution in [3.05, 3.63) is 89.5 Å². The number of amides is 1. The van der Waals surface area contributed by atoms with Gasteiger partial charge in [-0.3, -0.25) is 4.79 Å². The summed E-state index contributed by atoms with van der Waals surface area (Å²) in [6.45, 7) is 2.84. The topological polar surface area (TPSA) is 105 Å². The quantitative estimate of drug-likeness (QED) is 0.256. The van der Waals surface area contributed by atoms with Crippen molar-refractivity contribution in [1.29, 1.82) is 0 Å². The van der Waals surface area contributed by atoms with E-state index in [9.17, 15) is 31.5 Å². The molecule has 1 amide bonds. The molecule has 0 radical (unpaired) electrons. The minimum absolute atomic E-state index is 0.0267. The Hall–Kier alpha value is -3.61. The van der Waals surface area contributed by atoms with E-state index in [1.807, 2.05) is 12.1 Å². The van der Waals surface area contributed by atoms with Gasteiger partial charge < -0.3 is 24.8 Å². The lowest BCUT2D eigenvalue weighted by molar-refractivity contribution is -0.137. The molecule has 3 aromatic rings. The van der Waals surface area contributed by atoms with Crippen LogP contribution in [0.25, 0.3) is 0 Å². The first-order valence-corrected chi connectivity index (χ1v) is 16.6. The van der Waals surface area contributed by atoms with Gasteiger partial charge in [0.05, 0.1) is 48.1 Å². The minimum Gasteiger partial charge on any atom is -0.489 e. The standard InChI is InChI=1S/C33H37F3N2O6S/c1-2-45(41,42)30-15-7-23(8-16-30)31(19-39)37-32(40)24-5-11-26(12-6-24)38-18-29(17-27(38)21-43-20-22-3-4-22)44-28-13-9-25(10-14-28)33(34,35)36/h5-16,22,27,29,31,39H,2-4,17-21H2,1H3,(H,37,40)/t27-,29+,31?/m0/s1. The summed E-state index contributed by atoms with van der Waals surface area (Å²) in [6.07, 6.45) is -1.74. The summed E-state index contributed by atoms with van der Waals surface area (Å²) in [7, 11) is -3.37. The fraction of sp³-hybridized carbons (Fsp3) is 0.424. The highest BCUT2D eigenvalue weighted by Gasteiger charge is 2.35. The molecule has 2 fully saturated rings. The molecule has 8 nitrogen and oxygen atoms in total. The third-order valence-electron chi connectivity index (χ3n) is 8.19. The van der Waals surface area contributed by atoms with Gasteiger partial charge in [-0.1, -0.05) is 19.1 Å². The molecule has 45 heavy (non-hydrogen) atoms. The van der Waals surface area contributed by atoms with E-state index in [0.717, 1.165) is 17.8 Å². The first kappa shape index (κ1) is 32.8. The van der Waals surface area contributed by atoms with E-state index in [-0.39, 0.29) is 29.4 Å². The van der Waals surface area contributed by atoms with Crippen molar-refractivity contribution < 1.29 is 41.0 Å². The molecule has 1 unspecified atom stereocenters. The number of halogens is 3. The van der Waals surface area contributed by atoms with Gasteiger partial charge in [-0.05, 0) is 85.0 Å². The molecule has 1 heterocycles. The van der Waals surface area contributed by atoms with Gasteiger partial charge in [-0.2, -0.15) is 13.2 Å². The van der Waals surface area contributed by atoms with Crippen molar-refractivity contribution in [3.63, 3.8) is 0 Å². The van der Waals surface area contributed by atoms with Crippen LogP contribution in [0.4, 0.5) is 18.9 Å². The molecule has 1 aliphatic carbocycles. The number of nitrogens with zero attached hydrogens (tertiary/aromatic N) is 1. The van der Waals surface area contributed by atoms with Crippen molar-refractivity contribution in [1.82, 2.24) is 5.32 Å². The molecule has 1 saturated carbocycles. The summed E-state index contributed by atoms with van der Waals surface area (Å²) >= 11 is 0. The molecule has 5 rings (SSSR count). The molecule has 1 saturated heterocycles. The third-order valence-corrected chi connectivity index (χ3v) is 9.94. The van der Waals surface area contributed by atoms with Crippen LogP contribution >= 0.6 is 0 Å². The Balaban J connectivity index is 1.24. The fourth-order valence-electron chi connectivity index (χ4n) is 5.36. The lowest BCUT2D eigenvalue weighted by Crippen LogP contribution is -2.34. The summed E-state index contributed by atoms with van der Waals surface area (Å²) in [5.41, 5.74) is 1.06. The maximum absolute atomic E-state index is 13.1. The van der Waals surface area contributed by atoms with Crippen LogP contribution in [0.15, 0.2) is 77.7 Å². The number of benzene rings is 3. The van der Waals surface area contributed by atoms with Crippen molar-refractivity contribution in [3.8, 4) is 5.75 Å². The van der Waals surface area contributed by atoms with E-state index < -0.39 is 33.5 Å². The lowest BCUT2D eigenvalue weighted by atomic mass is 10.1. The molecule has 3 atom stereocenters. The van der Waals surface area contributed by atoms with Crippen molar-refractivity contribution in [2.24, 2.45) is 5.92 Å². The summed E-state index contributed by atoms with van der Waals surface area (Å²) in [6, 6.07) is 17.0. The van der Waals surface area contributed by atoms with Gasteiger partial charge in [-0.25, -0.2) is 8.42 Å². The second kappa shape index (κ2) is 13.8. The number of anilines is 1. The summed E-state index contributed by atoms with van der Waals surface area (Å²) in [4.78, 5) is 15.4. The highest BCUT2D eigenvalue weighted by atomic mass is 32.2. The monoisotopic (exact) mass is 646 g/mol. The molecule has 2 aliphatic rings. The van der Waals surface area contributed by atoms with Crippen LogP contribution in [-0.2, 0) is 20.8 Å². The first-order chi connectivity index (χ1) is 21.5. The van der Waals surface area contributed by atoms with Crippen LogP contribution in [0.2, 0.25) is 0 Å². The third kappa shape index (κ3) is 8.36. The van der Waals surface area contributed by atoms with Gasteiger partial charge in [0.1, 0.15) is 11.9 Å². The number of carbonyl (C=O) groups excluding carboxylic acids is 1. The first-order valence-electron chi connectivity index (χ1n) is 15.0.